The fraction of sp³-hybridized carbons (Fsp3) is 0.455. The highest BCUT2D eigenvalue weighted by molar-refractivity contribution is 8.09. The summed E-state index contributed by atoms with van der Waals surface area (Å²) in [6.45, 7) is 1.18. The zero-order valence-corrected chi connectivity index (χ0v) is 24.4. The van der Waals surface area contributed by atoms with E-state index in [0.29, 0.717) is 5.75 Å². The molecule has 1 aromatic carbocycles. The molecule has 0 saturated heterocycles. The van der Waals surface area contributed by atoms with E-state index in [4.69, 9.17) is 59.3 Å². The molecular weight excluding hydrogens is 594 g/mol. The molecule has 0 spiro atoms. The number of H-pyrrole nitrogens is 1. The summed E-state index contributed by atoms with van der Waals surface area (Å²) in [5.74, 6) is -0.445. The number of ether oxygens (including phenoxy) is 2. The molecule has 39 heavy (non-hydrogen) atoms. The number of carbonyl (C=O) groups is 1. The molecule has 0 fully saturated rings. The van der Waals surface area contributed by atoms with Crippen molar-refractivity contribution in [2.75, 3.05) is 18.2 Å². The van der Waals surface area contributed by atoms with E-state index in [0.717, 1.165) is 0 Å². The third-order valence-corrected chi connectivity index (χ3v) is 8.01. The number of halogens is 2. The summed E-state index contributed by atoms with van der Waals surface area (Å²) in [7, 11) is 0. The number of imidazole rings is 1. The van der Waals surface area contributed by atoms with Crippen LogP contribution in [0.2, 0.25) is 0 Å². The van der Waals surface area contributed by atoms with Gasteiger partial charge in [0.25, 0.3) is 5.56 Å². The smallest absolute Gasteiger partial charge is 0.323 e. The average Bonchev–Trinajstić information content (AvgIpc) is 3.28. The van der Waals surface area contributed by atoms with Gasteiger partial charge < -0.3 is 29.4 Å². The number of aliphatic hydroxyl groups excluding tert-OH is 1. The van der Waals surface area contributed by atoms with Crippen molar-refractivity contribution >= 4 is 64.7 Å². The second-order valence-electron chi connectivity index (χ2n) is 8.47. The molecule has 214 valence electrons. The monoisotopic (exact) mass is 622 g/mol. The first-order valence-electron chi connectivity index (χ1n) is 11.7. The Hall–Kier alpha value is -2.29. The van der Waals surface area contributed by atoms with Gasteiger partial charge in [-0.3, -0.25) is 19.1 Å². The predicted molar refractivity (Wildman–Crippen MR) is 150 cm³/mol. The summed E-state index contributed by atoms with van der Waals surface area (Å²) < 4.78 is 24.4. The van der Waals surface area contributed by atoms with Gasteiger partial charge >= 0.3 is 12.6 Å². The molecule has 0 aliphatic heterocycles. The summed E-state index contributed by atoms with van der Waals surface area (Å²) in [6.07, 6.45) is -1.24. The van der Waals surface area contributed by atoms with Crippen LogP contribution in [0.1, 0.15) is 27.0 Å². The first kappa shape index (κ1) is 31.2. The molecule has 2 heterocycles. The molecule has 0 radical (unpaired) electrons. The zero-order valence-electron chi connectivity index (χ0n) is 21.2. The lowest BCUT2D eigenvalue weighted by Gasteiger charge is -2.30. The van der Waals surface area contributed by atoms with Gasteiger partial charge in [0.2, 0.25) is 5.95 Å². The van der Waals surface area contributed by atoms with E-state index < -0.39 is 42.1 Å². The Labute approximate surface area is 239 Å². The maximum atomic E-state index is 12.4. The van der Waals surface area contributed by atoms with Crippen molar-refractivity contribution in [1.82, 2.24) is 24.6 Å². The van der Waals surface area contributed by atoms with Gasteiger partial charge in [-0.2, -0.15) is 4.98 Å². The van der Waals surface area contributed by atoms with Gasteiger partial charge in [-0.05, 0) is 44.7 Å². The van der Waals surface area contributed by atoms with Crippen LogP contribution < -0.4 is 20.9 Å². The van der Waals surface area contributed by atoms with E-state index in [-0.39, 0.29) is 35.7 Å². The van der Waals surface area contributed by atoms with E-state index in [1.807, 2.05) is 0 Å². The lowest BCUT2D eigenvalue weighted by Crippen LogP contribution is -2.38. The van der Waals surface area contributed by atoms with Crippen LogP contribution in [-0.2, 0) is 30.6 Å². The molecule has 0 saturated carbocycles. The molecule has 2 unspecified atom stereocenters. The predicted octanol–water partition coefficient (Wildman–Crippen LogP) is 2.63. The van der Waals surface area contributed by atoms with Crippen LogP contribution in [0.15, 0.2) is 41.5 Å². The maximum Gasteiger partial charge on any atom is 0.323 e. The summed E-state index contributed by atoms with van der Waals surface area (Å²) in [6, 6.07) is 7.73. The third kappa shape index (κ3) is 8.60. The van der Waals surface area contributed by atoms with Crippen LogP contribution in [0.3, 0.4) is 0 Å². The van der Waals surface area contributed by atoms with Gasteiger partial charge in [0.1, 0.15) is 17.9 Å². The molecule has 17 heteroatoms. The highest BCUT2D eigenvalue weighted by atomic mass is 35.5. The Morgan fingerprint density at radius 3 is 2.62 bits per heavy atom. The van der Waals surface area contributed by atoms with Gasteiger partial charge in [0, 0.05) is 0 Å². The number of hydrogen-bond acceptors (Lipinski definition) is 11. The lowest BCUT2D eigenvalue weighted by molar-refractivity contribution is -0.149. The fourth-order valence-corrected chi connectivity index (χ4v) is 5.99. The van der Waals surface area contributed by atoms with Gasteiger partial charge in [-0.1, -0.05) is 29.8 Å². The largest absolute Gasteiger partial charge is 0.462 e. The molecule has 0 aliphatic rings. The number of nitrogens with zero attached hydrogens (tertiary/aromatic N) is 3. The summed E-state index contributed by atoms with van der Waals surface area (Å²) in [5, 5.41) is 13.2. The molecule has 0 aliphatic carbocycles. The quantitative estimate of drug-likeness (QED) is 0.118. The van der Waals surface area contributed by atoms with Crippen molar-refractivity contribution < 1.29 is 28.4 Å². The highest BCUT2D eigenvalue weighted by Gasteiger charge is 2.32. The Kier molecular flexibility index (Phi) is 11.1. The fourth-order valence-electron chi connectivity index (χ4n) is 3.22. The number of benzene rings is 1. The van der Waals surface area contributed by atoms with E-state index in [2.05, 4.69) is 20.0 Å². The first-order valence-corrected chi connectivity index (χ1v) is 15.3. The third-order valence-electron chi connectivity index (χ3n) is 4.97. The molecule has 13 nitrogen and oxygen atoms in total. The average molecular weight is 623 g/mol. The molecule has 5 N–H and O–H groups in total. The number of aliphatic hydroxyl groups is 1. The first-order chi connectivity index (χ1) is 18.4. The second kappa shape index (κ2) is 13.9. The number of aromatic nitrogens is 4. The highest BCUT2D eigenvalue weighted by Crippen LogP contribution is 2.45. The molecule has 0 bridgehead atoms. The lowest BCUT2D eigenvalue weighted by atomic mass is 10.3. The Morgan fingerprint density at radius 2 is 2.00 bits per heavy atom. The number of nitrogen functional groups attached to an aromatic ring is 1. The van der Waals surface area contributed by atoms with Crippen LogP contribution in [0.25, 0.3) is 11.2 Å². The van der Waals surface area contributed by atoms with Crippen LogP contribution in [0.5, 0.6) is 5.75 Å². The van der Waals surface area contributed by atoms with Crippen molar-refractivity contribution in [2.24, 2.45) is 0 Å². The van der Waals surface area contributed by atoms with Crippen LogP contribution in [-0.4, -0.2) is 66.9 Å². The summed E-state index contributed by atoms with van der Waals surface area (Å²) in [5.41, 5.74) is 3.67. The van der Waals surface area contributed by atoms with Gasteiger partial charge in [0.15, 0.2) is 23.0 Å². The van der Waals surface area contributed by atoms with Gasteiger partial charge in [-0.15, -0.1) is 11.6 Å². The number of para-hydroxylation sites is 1. The number of alkyl halides is 2. The van der Waals surface area contributed by atoms with Crippen molar-refractivity contribution in [3.05, 3.63) is 47.0 Å². The standard InChI is InChI=1S/C22H29Cl2N6O7PS/c1-12(2)35-21(33)13(3)29-38(39,37-14-7-5-4-6-8-14)34-10-15(18(24)31)36-16(9-23)30-11-26-17-19(30)27-22(25)28-20(17)32/h4-8,11-13,15-16,18,31H,9-10H2,1-3H3,(H,29,39)(H3,25,27,28,32)/t13?,15-,16-,18-,38?/m1/s1. The van der Waals surface area contributed by atoms with Gasteiger partial charge in [0.05, 0.1) is 24.9 Å². The SMILES string of the molecule is CC(C)OC(=O)C(C)NP(=S)(OC[C@@H](O[C@H](CCl)n1cnc2c(=O)[nH]c(N)nc21)[C@@H](O)Cl)Oc1ccccc1. The molecule has 3 rings (SSSR count). The van der Waals surface area contributed by atoms with Crippen molar-refractivity contribution in [2.45, 2.75) is 50.8 Å². The van der Waals surface area contributed by atoms with E-state index >= 15 is 0 Å². The van der Waals surface area contributed by atoms with Crippen LogP contribution >= 0.6 is 29.8 Å². The molecule has 3 aromatic rings. The molecule has 2 aromatic heterocycles. The number of nitrogens with two attached hydrogens (primary N) is 1. The number of anilines is 1. The minimum Gasteiger partial charge on any atom is -0.462 e. The van der Waals surface area contributed by atoms with E-state index in [1.54, 1.807) is 51.1 Å². The number of rotatable bonds is 14. The zero-order chi connectivity index (χ0) is 28.7. The topological polar surface area (TPSA) is 176 Å². The Bertz CT molecular complexity index is 1360. The minimum absolute atomic E-state index is 0.0142. The number of hydrogen-bond donors (Lipinski definition) is 4. The number of nitrogens with one attached hydrogen (secondary N) is 2. The summed E-state index contributed by atoms with van der Waals surface area (Å²) in [4.78, 5) is 35.0. The Balaban J connectivity index is 1.82. The van der Waals surface area contributed by atoms with Crippen LogP contribution in [0, 0.1) is 0 Å². The van der Waals surface area contributed by atoms with Gasteiger partial charge in [-0.25, -0.2) is 10.1 Å². The molecule has 0 amide bonds. The van der Waals surface area contributed by atoms with Crippen molar-refractivity contribution in [3.8, 4) is 5.75 Å². The number of carbonyl (C=O) groups excluding carboxylic acids is 1. The maximum absolute atomic E-state index is 12.4. The number of aromatic amines is 1. The normalized spacial score (nSPS) is 16.4. The number of esters is 1. The van der Waals surface area contributed by atoms with Crippen LogP contribution in [0.4, 0.5) is 5.95 Å². The minimum atomic E-state index is -3.45. The van der Waals surface area contributed by atoms with Crippen molar-refractivity contribution in [3.63, 3.8) is 0 Å². The Morgan fingerprint density at radius 1 is 1.31 bits per heavy atom. The molecular formula is C22H29Cl2N6O7PS. The van der Waals surface area contributed by atoms with E-state index in [1.165, 1.54) is 10.9 Å². The van der Waals surface area contributed by atoms with Crippen molar-refractivity contribution in [1.29, 1.82) is 0 Å². The van der Waals surface area contributed by atoms with E-state index in [9.17, 15) is 14.7 Å². The number of fused-ring (bicyclic) bond motifs is 1. The summed E-state index contributed by atoms with van der Waals surface area (Å²) >= 11 is 17.8. The second-order valence-corrected chi connectivity index (χ2v) is 12.4. The molecule has 5 atom stereocenters.